The molecule has 27 heavy (non-hydrogen) atoms. The zero-order valence-corrected chi connectivity index (χ0v) is 16.7. The fourth-order valence-corrected chi connectivity index (χ4v) is 4.27. The minimum Gasteiger partial charge on any atom is -0.497 e. The van der Waals surface area contributed by atoms with E-state index < -0.39 is 0 Å². The van der Waals surface area contributed by atoms with Gasteiger partial charge in [-0.15, -0.1) is 11.3 Å². The van der Waals surface area contributed by atoms with Crippen molar-refractivity contribution in [3.05, 3.63) is 63.7 Å². The van der Waals surface area contributed by atoms with Crippen molar-refractivity contribution in [3.8, 4) is 17.0 Å². The predicted molar refractivity (Wildman–Crippen MR) is 110 cm³/mol. The maximum Gasteiger partial charge on any atom is 0.190 e. The monoisotopic (exact) mass is 400 g/mol. The highest BCUT2D eigenvalue weighted by Gasteiger charge is 2.19. The van der Waals surface area contributed by atoms with Crippen molar-refractivity contribution < 1.29 is 9.47 Å². The van der Waals surface area contributed by atoms with E-state index in [1.54, 1.807) is 18.4 Å². The van der Waals surface area contributed by atoms with Crippen LogP contribution in [-0.4, -0.2) is 24.4 Å². The summed E-state index contributed by atoms with van der Waals surface area (Å²) in [6, 6.07) is 15.7. The topological polar surface area (TPSA) is 35.8 Å². The van der Waals surface area contributed by atoms with Crippen LogP contribution >= 0.6 is 22.9 Å². The van der Waals surface area contributed by atoms with Crippen molar-refractivity contribution in [2.75, 3.05) is 13.7 Å². The van der Waals surface area contributed by atoms with Crippen LogP contribution in [0.15, 0.2) is 58.9 Å². The Morgan fingerprint density at radius 3 is 2.63 bits per heavy atom. The van der Waals surface area contributed by atoms with Crippen LogP contribution in [0.4, 0.5) is 5.69 Å². The zero-order valence-electron chi connectivity index (χ0n) is 15.1. The second-order valence-corrected chi connectivity index (χ2v) is 7.74. The molecule has 0 bridgehead atoms. The van der Waals surface area contributed by atoms with E-state index in [-0.39, 0.29) is 6.10 Å². The number of hydrogen-bond acceptors (Lipinski definition) is 4. The Bertz CT molecular complexity index is 955. The predicted octanol–water partition coefficient (Wildman–Crippen LogP) is 5.29. The van der Waals surface area contributed by atoms with E-state index in [0.29, 0.717) is 0 Å². The fraction of sp³-hybridized carbons (Fsp3) is 0.286. The summed E-state index contributed by atoms with van der Waals surface area (Å²) >= 11 is 7.70. The number of rotatable bonds is 5. The van der Waals surface area contributed by atoms with Crippen molar-refractivity contribution in [1.29, 1.82) is 0 Å². The van der Waals surface area contributed by atoms with Gasteiger partial charge in [-0.2, -0.15) is 0 Å². The van der Waals surface area contributed by atoms with E-state index in [0.717, 1.165) is 58.5 Å². The van der Waals surface area contributed by atoms with E-state index in [1.807, 2.05) is 48.5 Å². The Morgan fingerprint density at radius 1 is 1.19 bits per heavy atom. The Balaban J connectivity index is 1.75. The van der Waals surface area contributed by atoms with Gasteiger partial charge in [-0.25, -0.2) is 4.99 Å². The van der Waals surface area contributed by atoms with Crippen molar-refractivity contribution in [3.63, 3.8) is 0 Å². The molecule has 1 atom stereocenters. The maximum absolute atomic E-state index is 6.06. The maximum atomic E-state index is 6.06. The van der Waals surface area contributed by atoms with Gasteiger partial charge < -0.3 is 14.0 Å². The van der Waals surface area contributed by atoms with E-state index in [9.17, 15) is 0 Å². The van der Waals surface area contributed by atoms with Gasteiger partial charge in [-0.1, -0.05) is 23.7 Å². The number of methoxy groups -OCH3 is 1. The standard InChI is InChI=1S/C21H21ClN2O2S/c1-25-18-10-8-17(9-11-18)23-21-24(13-19-3-2-12-26-19)20(14-27-21)15-4-6-16(22)7-5-15/h4-11,14,19H,2-3,12-13H2,1H3. The quantitative estimate of drug-likeness (QED) is 0.583. The van der Waals surface area contributed by atoms with Crippen LogP contribution in [0.1, 0.15) is 12.8 Å². The van der Waals surface area contributed by atoms with Crippen LogP contribution in [0, 0.1) is 0 Å². The number of halogens is 1. The number of thiazole rings is 1. The van der Waals surface area contributed by atoms with Gasteiger partial charge in [0.15, 0.2) is 4.80 Å². The van der Waals surface area contributed by atoms with Gasteiger partial charge in [0.25, 0.3) is 0 Å². The van der Waals surface area contributed by atoms with Gasteiger partial charge in [0, 0.05) is 17.0 Å². The van der Waals surface area contributed by atoms with Crippen molar-refractivity contribution in [1.82, 2.24) is 4.57 Å². The Hall–Kier alpha value is -2.08. The van der Waals surface area contributed by atoms with Crippen LogP contribution in [0.25, 0.3) is 11.3 Å². The summed E-state index contributed by atoms with van der Waals surface area (Å²) in [5.74, 6) is 0.828. The molecule has 1 fully saturated rings. The van der Waals surface area contributed by atoms with Crippen LogP contribution in [0.2, 0.25) is 5.02 Å². The molecule has 3 aromatic rings. The molecule has 140 valence electrons. The van der Waals surface area contributed by atoms with E-state index in [2.05, 4.69) is 9.95 Å². The molecule has 1 aliphatic rings. The molecule has 0 spiro atoms. The molecule has 1 saturated heterocycles. The molecule has 0 saturated carbocycles. The molecule has 0 aliphatic carbocycles. The normalized spacial score (nSPS) is 17.4. The summed E-state index contributed by atoms with van der Waals surface area (Å²) in [5, 5.41) is 2.89. The van der Waals surface area contributed by atoms with Gasteiger partial charge in [0.05, 0.1) is 31.1 Å². The minimum atomic E-state index is 0.237. The molecule has 1 unspecified atom stereocenters. The lowest BCUT2D eigenvalue weighted by Crippen LogP contribution is -2.24. The molecule has 1 aromatic heterocycles. The molecule has 0 N–H and O–H groups in total. The SMILES string of the molecule is COc1ccc(N=c2scc(-c3ccc(Cl)cc3)n2CC2CCCO2)cc1. The summed E-state index contributed by atoms with van der Waals surface area (Å²) < 4.78 is 13.4. The molecular formula is C21H21ClN2O2S. The molecule has 4 nitrogen and oxygen atoms in total. The van der Waals surface area contributed by atoms with Gasteiger partial charge in [0.2, 0.25) is 0 Å². The van der Waals surface area contributed by atoms with Gasteiger partial charge in [0.1, 0.15) is 5.75 Å². The Labute approximate surface area is 167 Å². The van der Waals surface area contributed by atoms with Gasteiger partial charge in [-0.3, -0.25) is 0 Å². The number of aromatic nitrogens is 1. The average Bonchev–Trinajstić information content (AvgIpc) is 3.34. The largest absolute Gasteiger partial charge is 0.497 e. The lowest BCUT2D eigenvalue weighted by Gasteiger charge is -2.14. The van der Waals surface area contributed by atoms with Crippen molar-refractivity contribution in [2.24, 2.45) is 4.99 Å². The third kappa shape index (κ3) is 4.26. The van der Waals surface area contributed by atoms with Crippen LogP contribution in [0.5, 0.6) is 5.75 Å². The summed E-state index contributed by atoms with van der Waals surface area (Å²) in [5.41, 5.74) is 3.17. The van der Waals surface area contributed by atoms with E-state index in [4.69, 9.17) is 26.1 Å². The van der Waals surface area contributed by atoms with Crippen molar-refractivity contribution in [2.45, 2.75) is 25.5 Å². The molecule has 2 heterocycles. The average molecular weight is 401 g/mol. The lowest BCUT2D eigenvalue weighted by molar-refractivity contribution is 0.0968. The van der Waals surface area contributed by atoms with E-state index in [1.165, 1.54) is 0 Å². The highest BCUT2D eigenvalue weighted by molar-refractivity contribution is 7.07. The molecular weight excluding hydrogens is 380 g/mol. The van der Waals surface area contributed by atoms with Crippen LogP contribution in [-0.2, 0) is 11.3 Å². The number of ether oxygens (including phenoxy) is 2. The first kappa shape index (κ1) is 18.3. The molecule has 1 aliphatic heterocycles. The minimum absolute atomic E-state index is 0.237. The first-order valence-corrected chi connectivity index (χ1v) is 10.2. The van der Waals surface area contributed by atoms with Gasteiger partial charge in [-0.05, 0) is 54.8 Å². The first-order chi connectivity index (χ1) is 13.2. The van der Waals surface area contributed by atoms with Crippen molar-refractivity contribution >= 4 is 28.6 Å². The highest BCUT2D eigenvalue weighted by Crippen LogP contribution is 2.25. The lowest BCUT2D eigenvalue weighted by atomic mass is 10.1. The summed E-state index contributed by atoms with van der Waals surface area (Å²) in [6.45, 7) is 1.65. The molecule has 0 amide bonds. The number of hydrogen-bond donors (Lipinski definition) is 0. The first-order valence-electron chi connectivity index (χ1n) is 8.97. The molecule has 0 radical (unpaired) electrons. The highest BCUT2D eigenvalue weighted by atomic mass is 35.5. The summed E-state index contributed by atoms with van der Waals surface area (Å²) in [6.07, 6.45) is 2.45. The number of benzene rings is 2. The Morgan fingerprint density at radius 2 is 1.96 bits per heavy atom. The number of nitrogens with zero attached hydrogens (tertiary/aromatic N) is 2. The Kier molecular flexibility index (Phi) is 5.62. The summed E-state index contributed by atoms with van der Waals surface area (Å²) in [4.78, 5) is 5.83. The van der Waals surface area contributed by atoms with Gasteiger partial charge >= 0.3 is 0 Å². The summed E-state index contributed by atoms with van der Waals surface area (Å²) in [7, 11) is 1.67. The van der Waals surface area contributed by atoms with Crippen LogP contribution in [0.3, 0.4) is 0 Å². The van der Waals surface area contributed by atoms with E-state index >= 15 is 0 Å². The fourth-order valence-electron chi connectivity index (χ4n) is 3.21. The molecule has 4 rings (SSSR count). The second-order valence-electron chi connectivity index (χ2n) is 6.47. The second kappa shape index (κ2) is 8.30. The third-order valence-corrected chi connectivity index (χ3v) is 5.76. The zero-order chi connectivity index (χ0) is 18.6. The third-order valence-electron chi connectivity index (χ3n) is 4.65. The van der Waals surface area contributed by atoms with Crippen LogP contribution < -0.4 is 9.54 Å². The molecule has 6 heteroatoms. The molecule has 2 aromatic carbocycles. The smallest absolute Gasteiger partial charge is 0.190 e.